The minimum Gasteiger partial charge on any atom is -0.406 e. The van der Waals surface area contributed by atoms with Crippen LogP contribution in [0.3, 0.4) is 0 Å². The molecule has 0 radical (unpaired) electrons. The zero-order valence-corrected chi connectivity index (χ0v) is 13.5. The summed E-state index contributed by atoms with van der Waals surface area (Å²) < 4.78 is 40.4. The summed E-state index contributed by atoms with van der Waals surface area (Å²) >= 11 is 0. The van der Waals surface area contributed by atoms with Crippen LogP contribution in [0.15, 0.2) is 35.6 Å². The lowest BCUT2D eigenvalue weighted by molar-refractivity contribution is -0.274. The third-order valence-corrected chi connectivity index (χ3v) is 3.13. The number of anilines is 3. The number of rotatable bonds is 7. The lowest BCUT2D eigenvalue weighted by Gasteiger charge is -2.11. The van der Waals surface area contributed by atoms with E-state index < -0.39 is 6.36 Å². The van der Waals surface area contributed by atoms with E-state index in [0.717, 1.165) is 12.8 Å². The first kappa shape index (κ1) is 18.5. The van der Waals surface area contributed by atoms with Crippen LogP contribution >= 0.6 is 0 Å². The summed E-state index contributed by atoms with van der Waals surface area (Å²) in [6.07, 6.45) is 0.137. The van der Waals surface area contributed by atoms with Gasteiger partial charge in [-0.15, -0.1) is 13.2 Å². The van der Waals surface area contributed by atoms with Crippen molar-refractivity contribution < 1.29 is 17.9 Å². The van der Waals surface area contributed by atoms with Crippen molar-refractivity contribution in [3.05, 3.63) is 36.2 Å². The molecule has 1 aromatic heterocycles. The smallest absolute Gasteiger partial charge is 0.406 e. The summed E-state index contributed by atoms with van der Waals surface area (Å²) in [4.78, 5) is 12.3. The molecule has 0 atom stereocenters. The van der Waals surface area contributed by atoms with Crippen molar-refractivity contribution in [2.24, 2.45) is 4.99 Å². The molecule has 0 bridgehead atoms. The first-order valence-electron chi connectivity index (χ1n) is 7.62. The van der Waals surface area contributed by atoms with Gasteiger partial charge in [-0.05, 0) is 30.7 Å². The Morgan fingerprint density at radius 2 is 1.96 bits per heavy atom. The maximum absolute atomic E-state index is 12.2. The highest BCUT2D eigenvalue weighted by Gasteiger charge is 2.30. The van der Waals surface area contributed by atoms with Crippen LogP contribution in [0.5, 0.6) is 5.75 Å². The Hall–Kier alpha value is -2.84. The van der Waals surface area contributed by atoms with E-state index in [1.165, 1.54) is 30.6 Å². The van der Waals surface area contributed by atoms with Crippen LogP contribution in [0.2, 0.25) is 0 Å². The van der Waals surface area contributed by atoms with Gasteiger partial charge in [0.25, 0.3) is 0 Å². The zero-order valence-electron chi connectivity index (χ0n) is 13.5. The highest BCUT2D eigenvalue weighted by atomic mass is 19.4. The van der Waals surface area contributed by atoms with Crippen LogP contribution in [-0.2, 0) is 0 Å². The molecule has 0 spiro atoms. The van der Waals surface area contributed by atoms with Crippen molar-refractivity contribution in [1.29, 1.82) is 0 Å². The highest BCUT2D eigenvalue weighted by molar-refractivity contribution is 5.92. The third kappa shape index (κ3) is 5.94. The number of ether oxygens (including phenoxy) is 1. The lowest BCUT2D eigenvalue weighted by atomic mass is 10.2. The van der Waals surface area contributed by atoms with Gasteiger partial charge in [0.2, 0.25) is 0 Å². The normalized spacial score (nSPS) is 11.7. The van der Waals surface area contributed by atoms with Gasteiger partial charge in [-0.2, -0.15) is 0 Å². The van der Waals surface area contributed by atoms with Gasteiger partial charge in [0, 0.05) is 18.4 Å². The fraction of sp³-hybridized carbons (Fsp3) is 0.312. The molecular weight excluding hydrogens is 335 g/mol. The number of halogens is 3. The molecule has 3 N–H and O–H groups in total. The standard InChI is InChI=1S/C16H18F3N5O/c1-2-3-8-21-9-13-14(20)22-10-23-15(13)24-11-4-6-12(7-5-11)25-16(17,18)19/h4-7,9-10H,2-3,8H2,1H3,(H3,20,22,23,24). The van der Waals surface area contributed by atoms with Crippen molar-refractivity contribution in [2.45, 2.75) is 26.1 Å². The Bertz CT molecular complexity index is 717. The van der Waals surface area contributed by atoms with Crippen molar-refractivity contribution in [1.82, 2.24) is 9.97 Å². The predicted molar refractivity (Wildman–Crippen MR) is 90.2 cm³/mol. The number of aliphatic imine (C=N–C) groups is 1. The SMILES string of the molecule is CCCCN=Cc1c(N)ncnc1Nc1ccc(OC(F)(F)F)cc1. The molecule has 2 rings (SSSR count). The summed E-state index contributed by atoms with van der Waals surface area (Å²) in [6.45, 7) is 2.72. The van der Waals surface area contributed by atoms with Crippen molar-refractivity contribution in [3.63, 3.8) is 0 Å². The summed E-state index contributed by atoms with van der Waals surface area (Å²) in [6, 6.07) is 5.29. The molecule has 0 aliphatic carbocycles. The fourth-order valence-corrected chi connectivity index (χ4v) is 1.92. The Kier molecular flexibility index (Phi) is 6.15. The van der Waals surface area contributed by atoms with Gasteiger partial charge < -0.3 is 15.8 Å². The number of hydrogen-bond donors (Lipinski definition) is 2. The molecule has 6 nitrogen and oxygen atoms in total. The van der Waals surface area contributed by atoms with Crippen molar-refractivity contribution in [3.8, 4) is 5.75 Å². The van der Waals surface area contributed by atoms with E-state index in [-0.39, 0.29) is 11.6 Å². The molecule has 0 amide bonds. The second-order valence-corrected chi connectivity index (χ2v) is 5.11. The first-order chi connectivity index (χ1) is 11.9. The minimum atomic E-state index is -4.72. The zero-order chi connectivity index (χ0) is 18.3. The molecule has 0 saturated carbocycles. The summed E-state index contributed by atoms with van der Waals surface area (Å²) in [7, 11) is 0. The van der Waals surface area contributed by atoms with Crippen LogP contribution in [-0.4, -0.2) is 29.1 Å². The molecule has 25 heavy (non-hydrogen) atoms. The fourth-order valence-electron chi connectivity index (χ4n) is 1.92. The molecule has 0 aliphatic rings. The van der Waals surface area contributed by atoms with Gasteiger partial charge in [-0.3, -0.25) is 4.99 Å². The molecule has 0 unspecified atom stereocenters. The largest absolute Gasteiger partial charge is 0.573 e. The number of unbranched alkanes of at least 4 members (excludes halogenated alkanes) is 1. The number of nitrogen functional groups attached to an aromatic ring is 1. The predicted octanol–water partition coefficient (Wildman–Crippen LogP) is 3.92. The van der Waals surface area contributed by atoms with E-state index >= 15 is 0 Å². The highest BCUT2D eigenvalue weighted by Crippen LogP contribution is 2.26. The molecule has 0 saturated heterocycles. The van der Waals surface area contributed by atoms with E-state index in [1.54, 1.807) is 6.21 Å². The number of hydrogen-bond acceptors (Lipinski definition) is 6. The molecule has 1 aromatic carbocycles. The average Bonchev–Trinajstić information content (AvgIpc) is 2.54. The quantitative estimate of drug-likeness (QED) is 0.582. The Labute approximate surface area is 143 Å². The second-order valence-electron chi connectivity index (χ2n) is 5.11. The molecule has 0 fully saturated rings. The Balaban J connectivity index is 2.14. The molecule has 134 valence electrons. The van der Waals surface area contributed by atoms with E-state index in [9.17, 15) is 13.2 Å². The maximum atomic E-state index is 12.2. The van der Waals surface area contributed by atoms with Crippen LogP contribution in [0.25, 0.3) is 0 Å². The molecule has 1 heterocycles. The van der Waals surface area contributed by atoms with Crippen LogP contribution in [0, 0.1) is 0 Å². The van der Waals surface area contributed by atoms with Crippen molar-refractivity contribution in [2.75, 3.05) is 17.6 Å². The van der Waals surface area contributed by atoms with Gasteiger partial charge in [-0.1, -0.05) is 13.3 Å². The van der Waals surface area contributed by atoms with E-state index in [2.05, 4.69) is 31.9 Å². The first-order valence-corrected chi connectivity index (χ1v) is 7.62. The topological polar surface area (TPSA) is 85.4 Å². The second kappa shape index (κ2) is 8.32. The number of nitrogens with two attached hydrogens (primary N) is 1. The summed E-state index contributed by atoms with van der Waals surface area (Å²) in [5.41, 5.74) is 6.90. The van der Waals surface area contributed by atoms with Crippen LogP contribution in [0.4, 0.5) is 30.5 Å². The van der Waals surface area contributed by atoms with Gasteiger partial charge in [-0.25, -0.2) is 9.97 Å². The molecule has 9 heteroatoms. The Morgan fingerprint density at radius 3 is 2.60 bits per heavy atom. The lowest BCUT2D eigenvalue weighted by Crippen LogP contribution is -2.17. The van der Waals surface area contributed by atoms with Gasteiger partial charge in [0.05, 0.1) is 5.56 Å². The number of alkyl halides is 3. The number of nitrogens with zero attached hydrogens (tertiary/aromatic N) is 3. The molecular formula is C16H18F3N5O. The van der Waals surface area contributed by atoms with E-state index in [0.29, 0.717) is 23.6 Å². The third-order valence-electron chi connectivity index (χ3n) is 3.13. The minimum absolute atomic E-state index is 0.259. The molecule has 0 aliphatic heterocycles. The van der Waals surface area contributed by atoms with E-state index in [1.807, 2.05) is 0 Å². The van der Waals surface area contributed by atoms with Gasteiger partial charge in [0.1, 0.15) is 23.7 Å². The Morgan fingerprint density at radius 1 is 1.24 bits per heavy atom. The summed E-state index contributed by atoms with van der Waals surface area (Å²) in [5, 5.41) is 2.99. The summed E-state index contributed by atoms with van der Waals surface area (Å²) in [5.74, 6) is 0.369. The van der Waals surface area contributed by atoms with E-state index in [4.69, 9.17) is 5.73 Å². The van der Waals surface area contributed by atoms with Gasteiger partial charge in [0.15, 0.2) is 0 Å². The van der Waals surface area contributed by atoms with Crippen LogP contribution in [0.1, 0.15) is 25.3 Å². The maximum Gasteiger partial charge on any atom is 0.573 e. The van der Waals surface area contributed by atoms with Crippen LogP contribution < -0.4 is 15.8 Å². The van der Waals surface area contributed by atoms with Gasteiger partial charge >= 0.3 is 6.36 Å². The molecule has 2 aromatic rings. The van der Waals surface area contributed by atoms with Crippen molar-refractivity contribution >= 4 is 23.5 Å². The number of aromatic nitrogens is 2. The number of benzene rings is 1. The average molecular weight is 353 g/mol. The monoisotopic (exact) mass is 353 g/mol. The number of nitrogens with one attached hydrogen (secondary N) is 1.